The molecule has 5 aromatic rings. The van der Waals surface area contributed by atoms with Gasteiger partial charge in [-0.15, -0.1) is 0 Å². The molecule has 2 amide bonds. The maximum Gasteiger partial charge on any atom is 0.265 e. The molecule has 7 rings (SSSR count). The smallest absolute Gasteiger partial charge is 0.265 e. The number of anilines is 1. The second kappa shape index (κ2) is 16.9. The Morgan fingerprint density at radius 1 is 0.982 bits per heavy atom. The van der Waals surface area contributed by atoms with Crippen molar-refractivity contribution in [2.24, 2.45) is 7.05 Å². The maximum absolute atomic E-state index is 15.0. The number of rotatable bonds is 10. The van der Waals surface area contributed by atoms with E-state index in [-0.39, 0.29) is 41.1 Å². The summed E-state index contributed by atoms with van der Waals surface area (Å²) in [5.41, 5.74) is 5.35. The predicted molar refractivity (Wildman–Crippen MR) is 216 cm³/mol. The van der Waals surface area contributed by atoms with Crippen molar-refractivity contribution in [3.63, 3.8) is 0 Å². The Morgan fingerprint density at radius 3 is 2.39 bits per heavy atom. The Labute approximate surface area is 336 Å². The van der Waals surface area contributed by atoms with E-state index in [4.69, 9.17) is 21.1 Å². The third-order valence-electron chi connectivity index (χ3n) is 11.3. The Balaban J connectivity index is 1.33. The first-order chi connectivity index (χ1) is 27.5. The van der Waals surface area contributed by atoms with E-state index in [1.54, 1.807) is 65.8 Å². The lowest BCUT2D eigenvalue weighted by Crippen LogP contribution is -2.52. The van der Waals surface area contributed by atoms with Crippen LogP contribution in [0, 0.1) is 25.2 Å². The normalized spacial score (nSPS) is 15.6. The molecule has 1 aromatic heterocycles. The molecule has 9 nitrogen and oxygen atoms in total. The average molecular weight is 792 g/mol. The molecule has 0 unspecified atom stereocenters. The molecular weight excluding hydrogens is 748 g/mol. The molecular formula is C45H44ClF2N5O4. The van der Waals surface area contributed by atoms with Gasteiger partial charge in [0, 0.05) is 72.5 Å². The van der Waals surface area contributed by atoms with Crippen LogP contribution in [0.15, 0.2) is 84.9 Å². The third-order valence-corrected chi connectivity index (χ3v) is 11.6. The van der Waals surface area contributed by atoms with Crippen molar-refractivity contribution >= 4 is 29.1 Å². The van der Waals surface area contributed by atoms with Gasteiger partial charge in [-0.05, 0) is 91.1 Å². The number of methoxy groups -OCH3 is 1. The number of nitriles is 1. The first kappa shape index (κ1) is 39.7. The van der Waals surface area contributed by atoms with Crippen molar-refractivity contribution in [3.05, 3.63) is 140 Å². The van der Waals surface area contributed by atoms with Gasteiger partial charge in [0.15, 0.2) is 0 Å². The third kappa shape index (κ3) is 8.03. The number of hydrogen-bond donors (Lipinski definition) is 0. The molecule has 294 valence electrons. The molecule has 3 heterocycles. The molecule has 0 aliphatic carbocycles. The van der Waals surface area contributed by atoms with Crippen molar-refractivity contribution in [2.75, 3.05) is 44.9 Å². The second-order valence-electron chi connectivity index (χ2n) is 14.6. The lowest BCUT2D eigenvalue weighted by molar-refractivity contribution is 0.0193. The minimum atomic E-state index is -2.98. The Kier molecular flexibility index (Phi) is 11.8. The molecule has 0 radical (unpaired) electrons. The van der Waals surface area contributed by atoms with E-state index in [0.717, 1.165) is 35.3 Å². The molecule has 2 aliphatic rings. The van der Waals surface area contributed by atoms with E-state index in [2.05, 4.69) is 11.0 Å². The fourth-order valence-electron chi connectivity index (χ4n) is 7.95. The van der Waals surface area contributed by atoms with Crippen molar-refractivity contribution in [1.82, 2.24) is 14.4 Å². The van der Waals surface area contributed by atoms with E-state index >= 15 is 4.79 Å². The van der Waals surface area contributed by atoms with Crippen molar-refractivity contribution < 1.29 is 27.8 Å². The van der Waals surface area contributed by atoms with Crippen LogP contribution < -0.4 is 9.64 Å². The van der Waals surface area contributed by atoms with Gasteiger partial charge in [0.2, 0.25) is 0 Å². The molecule has 1 saturated heterocycles. The zero-order valence-electron chi connectivity index (χ0n) is 32.4. The molecule has 0 N–H and O–H groups in total. The highest BCUT2D eigenvalue weighted by Gasteiger charge is 2.35. The molecule has 1 atom stereocenters. The van der Waals surface area contributed by atoms with Gasteiger partial charge in [0.05, 0.1) is 49.6 Å². The number of carbonyl (C=O) groups excluding carboxylic acids is 2. The Morgan fingerprint density at radius 2 is 1.70 bits per heavy atom. The summed E-state index contributed by atoms with van der Waals surface area (Å²) in [5.74, 6) is -0.0304. The number of amides is 2. The molecule has 12 heteroatoms. The van der Waals surface area contributed by atoms with E-state index in [0.29, 0.717) is 66.1 Å². The van der Waals surface area contributed by atoms with E-state index in [1.165, 1.54) is 12.1 Å². The number of fused-ring (bicyclic) bond motifs is 1. The number of nitrogens with zero attached hydrogens (tertiary/aromatic N) is 5. The molecule has 0 spiro atoms. The van der Waals surface area contributed by atoms with E-state index in [1.807, 2.05) is 49.4 Å². The second-order valence-corrected chi connectivity index (χ2v) is 15.0. The maximum atomic E-state index is 15.0. The van der Waals surface area contributed by atoms with Gasteiger partial charge < -0.3 is 23.8 Å². The van der Waals surface area contributed by atoms with Crippen LogP contribution in [0.1, 0.15) is 66.2 Å². The molecule has 0 saturated carbocycles. The SMILES string of the molecule is COc1cccc(CN(C(=O)c2cc(-c3cc(C(F)F)c(C#N)cc3C(=O)N3Cc4ccccc4C[C@H]3CN3CCOCC3)n(C)c2C)c2ccc(Cl)cc2)c1C. The largest absolute Gasteiger partial charge is 0.496 e. The predicted octanol–water partition coefficient (Wildman–Crippen LogP) is 8.53. The fourth-order valence-corrected chi connectivity index (χ4v) is 8.08. The number of halogens is 3. The summed E-state index contributed by atoms with van der Waals surface area (Å²) < 4.78 is 42.2. The average Bonchev–Trinajstić information content (AvgIpc) is 3.52. The highest BCUT2D eigenvalue weighted by atomic mass is 35.5. The van der Waals surface area contributed by atoms with Gasteiger partial charge in [0.1, 0.15) is 5.75 Å². The zero-order valence-corrected chi connectivity index (χ0v) is 33.2. The number of hydrogen-bond acceptors (Lipinski definition) is 6. The minimum Gasteiger partial charge on any atom is -0.496 e. The van der Waals surface area contributed by atoms with Crippen LogP contribution in [0.2, 0.25) is 5.02 Å². The van der Waals surface area contributed by atoms with Crippen LogP contribution in [0.4, 0.5) is 14.5 Å². The number of benzene rings is 4. The van der Waals surface area contributed by atoms with Crippen molar-refractivity contribution in [2.45, 2.75) is 45.8 Å². The van der Waals surface area contributed by atoms with Gasteiger partial charge in [-0.2, -0.15) is 5.26 Å². The van der Waals surface area contributed by atoms with Gasteiger partial charge in [0.25, 0.3) is 18.2 Å². The molecule has 0 bridgehead atoms. The van der Waals surface area contributed by atoms with Crippen LogP contribution in [0.5, 0.6) is 5.75 Å². The Hall–Kier alpha value is -5.54. The summed E-state index contributed by atoms with van der Waals surface area (Å²) in [6.45, 7) is 7.51. The van der Waals surface area contributed by atoms with Crippen molar-refractivity contribution in [3.8, 4) is 23.1 Å². The van der Waals surface area contributed by atoms with E-state index in [9.17, 15) is 18.8 Å². The summed E-state index contributed by atoms with van der Waals surface area (Å²) in [4.78, 5) is 35.6. The summed E-state index contributed by atoms with van der Waals surface area (Å²) in [5, 5.41) is 10.6. The quantitative estimate of drug-likeness (QED) is 0.141. The summed E-state index contributed by atoms with van der Waals surface area (Å²) in [6.07, 6.45) is -2.36. The first-order valence-electron chi connectivity index (χ1n) is 18.9. The topological polar surface area (TPSA) is 91.0 Å². The fraction of sp³-hybridized carbons (Fsp3) is 0.311. The van der Waals surface area contributed by atoms with Crippen molar-refractivity contribution in [1.29, 1.82) is 5.26 Å². The first-order valence-corrected chi connectivity index (χ1v) is 19.3. The van der Waals surface area contributed by atoms with Gasteiger partial charge in [-0.25, -0.2) is 8.78 Å². The number of carbonyl (C=O) groups is 2. The molecule has 4 aromatic carbocycles. The van der Waals surface area contributed by atoms with Crippen LogP contribution >= 0.6 is 11.6 Å². The van der Waals surface area contributed by atoms with Gasteiger partial charge in [-0.1, -0.05) is 48.0 Å². The van der Waals surface area contributed by atoms with Gasteiger partial charge in [-0.3, -0.25) is 14.5 Å². The molecule has 57 heavy (non-hydrogen) atoms. The minimum absolute atomic E-state index is 0.114. The highest BCUT2D eigenvalue weighted by Crippen LogP contribution is 2.37. The van der Waals surface area contributed by atoms with Crippen LogP contribution in [0.25, 0.3) is 11.3 Å². The lowest BCUT2D eigenvalue weighted by atomic mass is 9.91. The highest BCUT2D eigenvalue weighted by molar-refractivity contribution is 6.30. The summed E-state index contributed by atoms with van der Waals surface area (Å²) >= 11 is 6.26. The summed E-state index contributed by atoms with van der Waals surface area (Å²) in [6, 6.07) is 26.5. The number of alkyl halides is 2. The lowest BCUT2D eigenvalue weighted by Gasteiger charge is -2.40. The standard InChI is InChI=1S/C45H44ClF2N5O4/c1-28-31(10-7-11-42(28)56-4)25-52(35-14-12-34(46)13-15-35)44(54)37-23-41(50(3)29(37)2)39-22-38(43(47)48)33(24-49)21-40(39)45(55)53-26-32-9-6-5-8-30(32)20-36(53)27-51-16-18-57-19-17-51/h5-15,21-23,36,43H,16-20,25-27H2,1-4H3/t36-/m0/s1. The van der Waals surface area contributed by atoms with E-state index < -0.39 is 12.0 Å². The van der Waals surface area contributed by atoms with Crippen LogP contribution in [-0.4, -0.2) is 72.2 Å². The number of aromatic nitrogens is 1. The Bertz CT molecular complexity index is 2350. The zero-order chi connectivity index (χ0) is 40.4. The molecule has 1 fully saturated rings. The number of morpholine rings is 1. The van der Waals surface area contributed by atoms with Crippen LogP contribution in [-0.2, 0) is 31.3 Å². The molecule has 2 aliphatic heterocycles. The van der Waals surface area contributed by atoms with Gasteiger partial charge >= 0.3 is 0 Å². The van der Waals surface area contributed by atoms with Crippen LogP contribution in [0.3, 0.4) is 0 Å². The number of ether oxygens (including phenoxy) is 2. The monoisotopic (exact) mass is 791 g/mol. The summed E-state index contributed by atoms with van der Waals surface area (Å²) in [7, 11) is 3.34.